The minimum absolute atomic E-state index is 0.700. The molecule has 0 aliphatic carbocycles. The molecule has 2 rings (SSSR count). The van der Waals surface area contributed by atoms with Crippen LogP contribution in [0.5, 0.6) is 0 Å². The third-order valence-electron chi connectivity index (χ3n) is 3.02. The van der Waals surface area contributed by atoms with E-state index in [4.69, 9.17) is 0 Å². The van der Waals surface area contributed by atoms with Crippen LogP contribution in [0.15, 0.2) is 18.2 Å². The molecule has 0 aromatic heterocycles. The highest BCUT2D eigenvalue weighted by Crippen LogP contribution is 2.27. The average molecular weight is 175 g/mol. The smallest absolute Gasteiger partial charge is 0.0373 e. The first-order valence-corrected chi connectivity index (χ1v) is 5.18. The summed E-state index contributed by atoms with van der Waals surface area (Å²) in [5, 5.41) is 3.38. The van der Waals surface area contributed by atoms with Gasteiger partial charge in [-0.05, 0) is 36.0 Å². The van der Waals surface area contributed by atoms with Gasteiger partial charge in [-0.2, -0.15) is 0 Å². The summed E-state index contributed by atoms with van der Waals surface area (Å²) in [7, 11) is 0. The lowest BCUT2D eigenvalue weighted by Crippen LogP contribution is -1.92. The second-order valence-corrected chi connectivity index (χ2v) is 3.90. The first-order valence-electron chi connectivity index (χ1n) is 5.18. The molecule has 1 aromatic carbocycles. The molecule has 1 N–H and O–H groups in total. The van der Waals surface area contributed by atoms with Crippen molar-refractivity contribution in [2.45, 2.75) is 32.6 Å². The molecule has 0 amide bonds. The van der Waals surface area contributed by atoms with Gasteiger partial charge in [-0.3, -0.25) is 0 Å². The van der Waals surface area contributed by atoms with Gasteiger partial charge in [-0.1, -0.05) is 26.0 Å². The van der Waals surface area contributed by atoms with Crippen molar-refractivity contribution in [3.8, 4) is 0 Å². The molecule has 0 spiro atoms. The normalized spacial score (nSPS) is 16.5. The van der Waals surface area contributed by atoms with Gasteiger partial charge in [0.25, 0.3) is 0 Å². The third-order valence-corrected chi connectivity index (χ3v) is 3.02. The van der Waals surface area contributed by atoms with Crippen LogP contribution in [0.4, 0.5) is 5.69 Å². The Morgan fingerprint density at radius 3 is 3.08 bits per heavy atom. The van der Waals surface area contributed by atoms with Crippen molar-refractivity contribution in [3.05, 3.63) is 29.3 Å². The van der Waals surface area contributed by atoms with E-state index in [0.29, 0.717) is 5.92 Å². The third kappa shape index (κ3) is 1.55. The molecule has 1 unspecified atom stereocenters. The van der Waals surface area contributed by atoms with Crippen LogP contribution in [0.3, 0.4) is 0 Å². The van der Waals surface area contributed by atoms with Crippen molar-refractivity contribution in [3.63, 3.8) is 0 Å². The molecule has 70 valence electrons. The number of fused-ring (bicyclic) bond motifs is 1. The molecule has 13 heavy (non-hydrogen) atoms. The zero-order valence-electron chi connectivity index (χ0n) is 8.43. The van der Waals surface area contributed by atoms with Crippen molar-refractivity contribution in [1.82, 2.24) is 0 Å². The predicted molar refractivity (Wildman–Crippen MR) is 57.3 cm³/mol. The largest absolute Gasteiger partial charge is 0.384 e. The van der Waals surface area contributed by atoms with Gasteiger partial charge >= 0.3 is 0 Å². The number of benzene rings is 1. The summed E-state index contributed by atoms with van der Waals surface area (Å²) in [5.74, 6) is 0.700. The van der Waals surface area contributed by atoms with Gasteiger partial charge in [0.1, 0.15) is 0 Å². The quantitative estimate of drug-likeness (QED) is 0.728. The highest BCUT2D eigenvalue weighted by atomic mass is 14.9. The fourth-order valence-corrected chi connectivity index (χ4v) is 1.87. The summed E-state index contributed by atoms with van der Waals surface area (Å²) in [6, 6.07) is 6.85. The van der Waals surface area contributed by atoms with E-state index >= 15 is 0 Å². The Hall–Kier alpha value is -0.980. The molecule has 1 aromatic rings. The van der Waals surface area contributed by atoms with E-state index in [1.54, 1.807) is 0 Å². The fourth-order valence-electron chi connectivity index (χ4n) is 1.87. The van der Waals surface area contributed by atoms with Crippen LogP contribution in [0.2, 0.25) is 0 Å². The van der Waals surface area contributed by atoms with E-state index in [1.807, 2.05) is 0 Å². The molecule has 0 radical (unpaired) electrons. The maximum atomic E-state index is 3.38. The van der Waals surface area contributed by atoms with E-state index in [-0.39, 0.29) is 0 Å². The molecule has 1 aliphatic rings. The molecule has 1 heterocycles. The fraction of sp³-hybridized carbons (Fsp3) is 0.500. The Morgan fingerprint density at radius 1 is 1.46 bits per heavy atom. The highest BCUT2D eigenvalue weighted by Gasteiger charge is 2.11. The number of anilines is 1. The van der Waals surface area contributed by atoms with E-state index in [9.17, 15) is 0 Å². The summed E-state index contributed by atoms with van der Waals surface area (Å²) in [6.45, 7) is 5.65. The van der Waals surface area contributed by atoms with Gasteiger partial charge in [0.2, 0.25) is 0 Å². The van der Waals surface area contributed by atoms with Gasteiger partial charge in [-0.15, -0.1) is 0 Å². The number of rotatable bonds is 2. The molecular formula is C12H17N. The monoisotopic (exact) mass is 175 g/mol. The van der Waals surface area contributed by atoms with Crippen LogP contribution in [0.25, 0.3) is 0 Å². The lowest BCUT2D eigenvalue weighted by Gasteiger charge is -2.10. The van der Waals surface area contributed by atoms with E-state index < -0.39 is 0 Å². The molecule has 0 bridgehead atoms. The minimum atomic E-state index is 0.700. The van der Waals surface area contributed by atoms with Crippen LogP contribution >= 0.6 is 0 Å². The Labute approximate surface area is 80.2 Å². The summed E-state index contributed by atoms with van der Waals surface area (Å²) in [4.78, 5) is 0. The van der Waals surface area contributed by atoms with Gasteiger partial charge in [0.15, 0.2) is 0 Å². The van der Waals surface area contributed by atoms with E-state index in [1.165, 1.54) is 29.7 Å². The average Bonchev–Trinajstić information content (AvgIpc) is 2.63. The second kappa shape index (κ2) is 3.41. The topological polar surface area (TPSA) is 12.0 Å². The van der Waals surface area contributed by atoms with E-state index in [2.05, 4.69) is 37.4 Å². The number of hydrogen-bond acceptors (Lipinski definition) is 1. The van der Waals surface area contributed by atoms with Crippen molar-refractivity contribution < 1.29 is 0 Å². The standard InChI is InChI=1S/C12H17N/c1-3-9(2)10-4-5-12-11(8-10)6-7-13-12/h4-5,8-9,13H,3,6-7H2,1-2H3. The van der Waals surface area contributed by atoms with Crippen LogP contribution < -0.4 is 5.32 Å². The first-order chi connectivity index (χ1) is 6.31. The molecule has 0 saturated carbocycles. The highest BCUT2D eigenvalue weighted by molar-refractivity contribution is 5.56. The molecule has 1 aliphatic heterocycles. The van der Waals surface area contributed by atoms with Crippen LogP contribution in [-0.4, -0.2) is 6.54 Å². The van der Waals surface area contributed by atoms with Crippen LogP contribution in [-0.2, 0) is 6.42 Å². The van der Waals surface area contributed by atoms with Gasteiger partial charge in [-0.25, -0.2) is 0 Å². The summed E-state index contributed by atoms with van der Waals surface area (Å²) < 4.78 is 0. The lowest BCUT2D eigenvalue weighted by molar-refractivity contribution is 0.733. The Balaban J connectivity index is 2.30. The van der Waals surface area contributed by atoms with E-state index in [0.717, 1.165) is 6.54 Å². The molecule has 1 nitrogen and oxygen atoms in total. The SMILES string of the molecule is CCC(C)c1ccc2c(c1)CCN2. The first kappa shape index (κ1) is 8.61. The molecule has 1 heteroatoms. The number of hydrogen-bond donors (Lipinski definition) is 1. The zero-order valence-corrected chi connectivity index (χ0v) is 8.43. The maximum absolute atomic E-state index is 3.38. The summed E-state index contributed by atoms with van der Waals surface area (Å²) in [6.07, 6.45) is 2.42. The second-order valence-electron chi connectivity index (χ2n) is 3.90. The predicted octanol–water partition coefficient (Wildman–Crippen LogP) is 3.17. The lowest BCUT2D eigenvalue weighted by atomic mass is 9.96. The van der Waals surface area contributed by atoms with Crippen molar-refractivity contribution in [2.75, 3.05) is 11.9 Å². The van der Waals surface area contributed by atoms with Crippen LogP contribution in [0, 0.1) is 0 Å². The zero-order chi connectivity index (χ0) is 9.26. The number of nitrogens with one attached hydrogen (secondary N) is 1. The van der Waals surface area contributed by atoms with Crippen LogP contribution in [0.1, 0.15) is 37.3 Å². The van der Waals surface area contributed by atoms with Crippen molar-refractivity contribution in [1.29, 1.82) is 0 Å². The van der Waals surface area contributed by atoms with Crippen molar-refractivity contribution >= 4 is 5.69 Å². The molecule has 0 fully saturated rings. The molecule has 0 saturated heterocycles. The Kier molecular flexibility index (Phi) is 2.26. The van der Waals surface area contributed by atoms with Gasteiger partial charge in [0, 0.05) is 12.2 Å². The summed E-state index contributed by atoms with van der Waals surface area (Å²) in [5.41, 5.74) is 4.33. The van der Waals surface area contributed by atoms with Gasteiger partial charge < -0.3 is 5.32 Å². The van der Waals surface area contributed by atoms with Gasteiger partial charge in [0.05, 0.1) is 0 Å². The molecule has 1 atom stereocenters. The molecular weight excluding hydrogens is 158 g/mol. The minimum Gasteiger partial charge on any atom is -0.384 e. The Bertz CT molecular complexity index is 304. The van der Waals surface area contributed by atoms with Crippen molar-refractivity contribution in [2.24, 2.45) is 0 Å². The maximum Gasteiger partial charge on any atom is 0.0373 e. The summed E-state index contributed by atoms with van der Waals surface area (Å²) >= 11 is 0. The Morgan fingerprint density at radius 2 is 2.31 bits per heavy atom.